The Bertz CT molecular complexity index is 848. The van der Waals surface area contributed by atoms with Gasteiger partial charge in [-0.05, 0) is 49.7 Å². The number of nitrogens with zero attached hydrogens (tertiary/aromatic N) is 1. The van der Waals surface area contributed by atoms with Crippen LogP contribution in [0.4, 0.5) is 0 Å². The molecule has 24 heavy (non-hydrogen) atoms. The van der Waals surface area contributed by atoms with E-state index in [0.29, 0.717) is 13.2 Å². The molecule has 0 N–H and O–H groups in total. The minimum Gasteiger partial charge on any atom is -0.493 e. The number of halogens is 1. The van der Waals surface area contributed by atoms with Crippen LogP contribution < -0.4 is 9.47 Å². The Hall–Kier alpha value is -2.07. The molecule has 3 aromatic rings. The highest BCUT2D eigenvalue weighted by Gasteiger charge is 2.04. The van der Waals surface area contributed by atoms with Crippen molar-refractivity contribution in [2.75, 3.05) is 13.2 Å². The lowest BCUT2D eigenvalue weighted by atomic mass is 10.2. The Morgan fingerprint density at radius 3 is 2.50 bits per heavy atom. The number of pyridine rings is 1. The van der Waals surface area contributed by atoms with Crippen LogP contribution in [0.15, 0.2) is 53.0 Å². The van der Waals surface area contributed by atoms with Gasteiger partial charge in [0.25, 0.3) is 0 Å². The molecule has 0 fully saturated rings. The van der Waals surface area contributed by atoms with Crippen LogP contribution in [0.5, 0.6) is 11.5 Å². The van der Waals surface area contributed by atoms with Gasteiger partial charge in [0.15, 0.2) is 0 Å². The molecule has 124 valence electrons. The summed E-state index contributed by atoms with van der Waals surface area (Å²) < 4.78 is 12.8. The van der Waals surface area contributed by atoms with Crippen LogP contribution in [0.1, 0.15) is 17.7 Å². The second kappa shape index (κ2) is 7.67. The van der Waals surface area contributed by atoms with E-state index in [1.165, 1.54) is 0 Å². The maximum absolute atomic E-state index is 5.91. The molecule has 0 radical (unpaired) electrons. The first kappa shape index (κ1) is 16.8. The van der Waals surface area contributed by atoms with Crippen LogP contribution in [0.25, 0.3) is 10.9 Å². The Morgan fingerprint density at radius 1 is 0.917 bits per heavy atom. The Kier molecular flexibility index (Phi) is 5.36. The van der Waals surface area contributed by atoms with Crippen LogP contribution in [-0.2, 0) is 0 Å². The number of benzene rings is 2. The van der Waals surface area contributed by atoms with Crippen molar-refractivity contribution < 1.29 is 9.47 Å². The molecular formula is C20H20BrNO2. The molecule has 0 aliphatic rings. The average molecular weight is 386 g/mol. The van der Waals surface area contributed by atoms with Crippen molar-refractivity contribution in [3.8, 4) is 11.5 Å². The number of aryl methyl sites for hydroxylation is 2. The van der Waals surface area contributed by atoms with Crippen molar-refractivity contribution in [2.24, 2.45) is 0 Å². The zero-order valence-corrected chi connectivity index (χ0v) is 15.5. The second-order valence-corrected chi connectivity index (χ2v) is 6.66. The molecular weight excluding hydrogens is 366 g/mol. The van der Waals surface area contributed by atoms with Crippen LogP contribution in [0.3, 0.4) is 0 Å². The van der Waals surface area contributed by atoms with Gasteiger partial charge >= 0.3 is 0 Å². The number of ether oxygens (including phenoxy) is 2. The summed E-state index contributed by atoms with van der Waals surface area (Å²) in [5.41, 5.74) is 3.04. The minimum atomic E-state index is 0.601. The van der Waals surface area contributed by atoms with Crippen LogP contribution in [0, 0.1) is 13.8 Å². The highest BCUT2D eigenvalue weighted by atomic mass is 79.9. The first-order chi connectivity index (χ1) is 11.6. The van der Waals surface area contributed by atoms with Crippen LogP contribution in [-0.4, -0.2) is 18.2 Å². The fourth-order valence-electron chi connectivity index (χ4n) is 2.53. The van der Waals surface area contributed by atoms with Crippen molar-refractivity contribution in [1.82, 2.24) is 4.98 Å². The molecule has 0 amide bonds. The summed E-state index contributed by atoms with van der Waals surface area (Å²) in [5.74, 6) is 1.75. The van der Waals surface area contributed by atoms with Gasteiger partial charge in [-0.1, -0.05) is 34.1 Å². The first-order valence-corrected chi connectivity index (χ1v) is 8.81. The van der Waals surface area contributed by atoms with Crippen LogP contribution in [0.2, 0.25) is 0 Å². The topological polar surface area (TPSA) is 31.4 Å². The summed E-state index contributed by atoms with van der Waals surface area (Å²) in [6, 6.07) is 16.1. The lowest BCUT2D eigenvalue weighted by Crippen LogP contribution is -2.06. The molecule has 0 bridgehead atoms. The standard InChI is InChI=1S/C20H20BrNO2/c1-14-13-17(21)9-10-18(14)23-11-4-12-24-19-6-3-5-16-8-7-15(2)22-20(16)19/h3,5-10,13H,4,11-12H2,1-2H3. The number of hydrogen-bond acceptors (Lipinski definition) is 3. The molecule has 0 spiro atoms. The van der Waals surface area contributed by atoms with Gasteiger partial charge in [0, 0.05) is 22.0 Å². The monoisotopic (exact) mass is 385 g/mol. The SMILES string of the molecule is Cc1ccc2cccc(OCCCOc3ccc(Br)cc3C)c2n1. The molecule has 0 aliphatic carbocycles. The van der Waals surface area contributed by atoms with E-state index in [4.69, 9.17) is 9.47 Å². The van der Waals surface area contributed by atoms with E-state index in [1.807, 2.05) is 50.2 Å². The average Bonchev–Trinajstić information content (AvgIpc) is 2.56. The van der Waals surface area contributed by atoms with E-state index < -0.39 is 0 Å². The van der Waals surface area contributed by atoms with E-state index in [1.54, 1.807) is 0 Å². The largest absolute Gasteiger partial charge is 0.493 e. The first-order valence-electron chi connectivity index (χ1n) is 8.01. The van der Waals surface area contributed by atoms with Gasteiger partial charge in [0.2, 0.25) is 0 Å². The van der Waals surface area contributed by atoms with Crippen molar-refractivity contribution in [3.63, 3.8) is 0 Å². The van der Waals surface area contributed by atoms with Gasteiger partial charge in [-0.15, -0.1) is 0 Å². The summed E-state index contributed by atoms with van der Waals surface area (Å²) in [4.78, 5) is 4.58. The predicted molar refractivity (Wildman–Crippen MR) is 101 cm³/mol. The number of fused-ring (bicyclic) bond motifs is 1. The third-order valence-electron chi connectivity index (χ3n) is 3.76. The summed E-state index contributed by atoms with van der Waals surface area (Å²) in [7, 11) is 0. The normalized spacial score (nSPS) is 10.8. The Labute approximate surface area is 150 Å². The molecule has 0 saturated carbocycles. The molecule has 3 rings (SSSR count). The molecule has 0 saturated heterocycles. The predicted octanol–water partition coefficient (Wildman–Crippen LogP) is 5.46. The maximum Gasteiger partial charge on any atom is 0.145 e. The van der Waals surface area contributed by atoms with Crippen molar-refractivity contribution in [1.29, 1.82) is 0 Å². The number of aromatic nitrogens is 1. The molecule has 0 unspecified atom stereocenters. The van der Waals surface area contributed by atoms with Crippen molar-refractivity contribution in [3.05, 3.63) is 64.3 Å². The minimum absolute atomic E-state index is 0.601. The third kappa shape index (κ3) is 4.06. The lowest BCUT2D eigenvalue weighted by molar-refractivity contribution is 0.248. The van der Waals surface area contributed by atoms with Gasteiger partial charge in [-0.3, -0.25) is 0 Å². The van der Waals surface area contributed by atoms with Gasteiger partial charge in [0.1, 0.15) is 17.0 Å². The van der Waals surface area contributed by atoms with E-state index in [-0.39, 0.29) is 0 Å². The Balaban J connectivity index is 1.54. The second-order valence-electron chi connectivity index (χ2n) is 5.74. The van der Waals surface area contributed by atoms with Gasteiger partial charge in [-0.2, -0.15) is 0 Å². The summed E-state index contributed by atoms with van der Waals surface area (Å²) >= 11 is 3.46. The fraction of sp³-hybridized carbons (Fsp3) is 0.250. The number of para-hydroxylation sites is 1. The highest BCUT2D eigenvalue weighted by Crippen LogP contribution is 2.24. The van der Waals surface area contributed by atoms with E-state index in [0.717, 1.165) is 44.6 Å². The number of hydrogen-bond donors (Lipinski definition) is 0. The van der Waals surface area contributed by atoms with E-state index in [9.17, 15) is 0 Å². The van der Waals surface area contributed by atoms with Gasteiger partial charge in [0.05, 0.1) is 13.2 Å². The van der Waals surface area contributed by atoms with Crippen molar-refractivity contribution >= 4 is 26.8 Å². The number of rotatable bonds is 6. The van der Waals surface area contributed by atoms with Gasteiger partial charge in [-0.25, -0.2) is 4.98 Å². The molecule has 1 heterocycles. The molecule has 0 atom stereocenters. The Morgan fingerprint density at radius 2 is 1.71 bits per heavy atom. The zero-order valence-electron chi connectivity index (χ0n) is 13.9. The van der Waals surface area contributed by atoms with Crippen LogP contribution >= 0.6 is 15.9 Å². The van der Waals surface area contributed by atoms with E-state index in [2.05, 4.69) is 33.0 Å². The molecule has 4 heteroatoms. The van der Waals surface area contributed by atoms with E-state index >= 15 is 0 Å². The molecule has 2 aromatic carbocycles. The quantitative estimate of drug-likeness (QED) is 0.527. The maximum atomic E-state index is 5.91. The lowest BCUT2D eigenvalue weighted by Gasteiger charge is -2.11. The third-order valence-corrected chi connectivity index (χ3v) is 4.26. The zero-order chi connectivity index (χ0) is 16.9. The summed E-state index contributed by atoms with van der Waals surface area (Å²) in [6.45, 7) is 5.26. The highest BCUT2D eigenvalue weighted by molar-refractivity contribution is 9.10. The summed E-state index contributed by atoms with van der Waals surface area (Å²) in [6.07, 6.45) is 0.817. The smallest absolute Gasteiger partial charge is 0.145 e. The molecule has 3 nitrogen and oxygen atoms in total. The fourth-order valence-corrected chi connectivity index (χ4v) is 3.01. The molecule has 0 aliphatic heterocycles. The van der Waals surface area contributed by atoms with Crippen molar-refractivity contribution in [2.45, 2.75) is 20.3 Å². The summed E-state index contributed by atoms with van der Waals surface area (Å²) in [5, 5.41) is 1.10. The van der Waals surface area contributed by atoms with Gasteiger partial charge < -0.3 is 9.47 Å². The molecule has 1 aromatic heterocycles.